The van der Waals surface area contributed by atoms with Gasteiger partial charge in [0.05, 0.1) is 28.7 Å². The smallest absolute Gasteiger partial charge is 0.228 e. The molecule has 0 bridgehead atoms. The number of hydrogen-bond acceptors (Lipinski definition) is 3. The molecular formula is C15H19Cl2NO3. The van der Waals surface area contributed by atoms with Gasteiger partial charge in [0, 0.05) is 19.7 Å². The Kier molecular flexibility index (Phi) is 5.88. The average Bonchev–Trinajstić information content (AvgIpc) is 2.88. The summed E-state index contributed by atoms with van der Waals surface area (Å²) < 4.78 is 5.45. The minimum atomic E-state index is -0.140. The zero-order chi connectivity index (χ0) is 15.4. The van der Waals surface area contributed by atoms with E-state index in [1.807, 2.05) is 13.0 Å². The van der Waals surface area contributed by atoms with E-state index in [1.165, 1.54) is 0 Å². The average molecular weight is 332 g/mol. The molecule has 2 rings (SSSR count). The molecule has 1 N–H and O–H groups in total. The molecule has 1 aromatic rings. The predicted octanol–water partition coefficient (Wildman–Crippen LogP) is 2.74. The third-order valence-corrected chi connectivity index (χ3v) is 4.47. The highest BCUT2D eigenvalue weighted by Crippen LogP contribution is 2.26. The minimum absolute atomic E-state index is 0.0140. The number of nitrogens with zero attached hydrogens (tertiary/aromatic N) is 1. The van der Waals surface area contributed by atoms with E-state index >= 15 is 0 Å². The van der Waals surface area contributed by atoms with E-state index in [9.17, 15) is 9.90 Å². The van der Waals surface area contributed by atoms with Crippen LogP contribution >= 0.6 is 23.2 Å². The monoisotopic (exact) mass is 331 g/mol. The number of amides is 1. The van der Waals surface area contributed by atoms with Gasteiger partial charge in [0.1, 0.15) is 0 Å². The Bertz CT molecular complexity index is 510. The quantitative estimate of drug-likeness (QED) is 0.902. The number of rotatable bonds is 5. The largest absolute Gasteiger partial charge is 0.395 e. The van der Waals surface area contributed by atoms with E-state index in [2.05, 4.69) is 0 Å². The lowest BCUT2D eigenvalue weighted by molar-refractivity contribution is -0.138. The fourth-order valence-corrected chi connectivity index (χ4v) is 2.86. The van der Waals surface area contributed by atoms with E-state index in [0.29, 0.717) is 29.7 Å². The predicted molar refractivity (Wildman–Crippen MR) is 82.5 cm³/mol. The van der Waals surface area contributed by atoms with E-state index in [0.717, 1.165) is 12.0 Å². The van der Waals surface area contributed by atoms with Crippen LogP contribution in [0, 0.1) is 5.92 Å². The summed E-state index contributed by atoms with van der Waals surface area (Å²) in [6, 6.07) is 5.29. The van der Waals surface area contributed by atoms with Crippen molar-refractivity contribution in [1.82, 2.24) is 4.90 Å². The number of benzene rings is 1. The molecule has 1 heterocycles. The molecule has 1 saturated heterocycles. The van der Waals surface area contributed by atoms with Crippen molar-refractivity contribution in [2.24, 2.45) is 5.92 Å². The maximum absolute atomic E-state index is 12.6. The summed E-state index contributed by atoms with van der Waals surface area (Å²) in [6.45, 7) is 3.14. The summed E-state index contributed by atoms with van der Waals surface area (Å²) in [5, 5.41) is 10.1. The Morgan fingerprint density at radius 1 is 1.43 bits per heavy atom. The highest BCUT2D eigenvalue weighted by Gasteiger charge is 2.33. The first-order chi connectivity index (χ1) is 10.0. The van der Waals surface area contributed by atoms with Crippen molar-refractivity contribution in [3.8, 4) is 0 Å². The zero-order valence-corrected chi connectivity index (χ0v) is 13.4. The normalized spacial score (nSPS) is 21.5. The van der Waals surface area contributed by atoms with Crippen LogP contribution in [0.25, 0.3) is 0 Å². The van der Waals surface area contributed by atoms with Crippen LogP contribution in [0.15, 0.2) is 18.2 Å². The Morgan fingerprint density at radius 2 is 2.19 bits per heavy atom. The SMILES string of the molecule is CC1OCCC1C(=O)N(CCO)Cc1ccc(Cl)c(Cl)c1. The summed E-state index contributed by atoms with van der Waals surface area (Å²) in [4.78, 5) is 14.2. The summed E-state index contributed by atoms with van der Waals surface area (Å²) in [5.41, 5.74) is 0.887. The lowest BCUT2D eigenvalue weighted by atomic mass is 10.0. The molecule has 4 nitrogen and oxygen atoms in total. The molecule has 6 heteroatoms. The second kappa shape index (κ2) is 7.45. The van der Waals surface area contributed by atoms with Crippen LogP contribution in [0.2, 0.25) is 10.0 Å². The number of aliphatic hydroxyl groups excluding tert-OH is 1. The Morgan fingerprint density at radius 3 is 2.76 bits per heavy atom. The lowest BCUT2D eigenvalue weighted by Crippen LogP contribution is -2.39. The molecule has 1 fully saturated rings. The van der Waals surface area contributed by atoms with Gasteiger partial charge in [0.2, 0.25) is 5.91 Å². The molecule has 1 aliphatic rings. The number of ether oxygens (including phenoxy) is 1. The maximum Gasteiger partial charge on any atom is 0.228 e. The van der Waals surface area contributed by atoms with Crippen LogP contribution in [-0.4, -0.2) is 41.8 Å². The molecule has 2 unspecified atom stereocenters. The van der Waals surface area contributed by atoms with Gasteiger partial charge in [-0.05, 0) is 31.0 Å². The van der Waals surface area contributed by atoms with Gasteiger partial charge in [-0.2, -0.15) is 0 Å². The third kappa shape index (κ3) is 4.10. The van der Waals surface area contributed by atoms with Crippen LogP contribution in [0.3, 0.4) is 0 Å². The Balaban J connectivity index is 2.10. The fraction of sp³-hybridized carbons (Fsp3) is 0.533. The van der Waals surface area contributed by atoms with E-state index in [4.69, 9.17) is 27.9 Å². The highest BCUT2D eigenvalue weighted by molar-refractivity contribution is 6.42. The van der Waals surface area contributed by atoms with Gasteiger partial charge < -0.3 is 14.7 Å². The van der Waals surface area contributed by atoms with Crippen LogP contribution in [0.4, 0.5) is 0 Å². The van der Waals surface area contributed by atoms with Gasteiger partial charge >= 0.3 is 0 Å². The Labute approximate surface area is 134 Å². The van der Waals surface area contributed by atoms with Gasteiger partial charge in [0.25, 0.3) is 0 Å². The molecular weight excluding hydrogens is 313 g/mol. The standard InChI is InChI=1S/C15H19Cl2NO3/c1-10-12(4-7-21-10)15(20)18(5-6-19)9-11-2-3-13(16)14(17)8-11/h2-3,8,10,12,19H,4-7,9H2,1H3. The molecule has 1 amide bonds. The molecule has 116 valence electrons. The summed E-state index contributed by atoms with van der Waals surface area (Å²) in [6.07, 6.45) is 0.649. The van der Waals surface area contributed by atoms with E-state index < -0.39 is 0 Å². The lowest BCUT2D eigenvalue weighted by Gasteiger charge is -2.26. The summed E-state index contributed by atoms with van der Waals surface area (Å²) in [5.74, 6) is -0.126. The topological polar surface area (TPSA) is 49.8 Å². The molecule has 0 aromatic heterocycles. The second-order valence-corrected chi connectivity index (χ2v) is 6.02. The van der Waals surface area contributed by atoms with Gasteiger partial charge in [-0.3, -0.25) is 4.79 Å². The van der Waals surface area contributed by atoms with Gasteiger partial charge in [-0.15, -0.1) is 0 Å². The van der Waals surface area contributed by atoms with Crippen molar-refractivity contribution in [3.63, 3.8) is 0 Å². The van der Waals surface area contributed by atoms with Crippen LogP contribution < -0.4 is 0 Å². The number of carbonyl (C=O) groups is 1. The molecule has 0 spiro atoms. The van der Waals surface area contributed by atoms with Crippen LogP contribution in [0.5, 0.6) is 0 Å². The van der Waals surface area contributed by atoms with Crippen LogP contribution in [0.1, 0.15) is 18.9 Å². The molecule has 0 aliphatic carbocycles. The number of hydrogen-bond donors (Lipinski definition) is 1. The minimum Gasteiger partial charge on any atom is -0.395 e. The van der Waals surface area contributed by atoms with Crippen molar-refractivity contribution in [2.75, 3.05) is 19.8 Å². The van der Waals surface area contributed by atoms with Gasteiger partial charge in [0.15, 0.2) is 0 Å². The summed E-state index contributed by atoms with van der Waals surface area (Å²) >= 11 is 11.9. The van der Waals surface area contributed by atoms with Crippen molar-refractivity contribution in [1.29, 1.82) is 0 Å². The molecule has 1 aliphatic heterocycles. The van der Waals surface area contributed by atoms with E-state index in [-0.39, 0.29) is 24.5 Å². The number of carbonyl (C=O) groups excluding carboxylic acids is 1. The van der Waals surface area contributed by atoms with Crippen molar-refractivity contribution < 1.29 is 14.6 Å². The van der Waals surface area contributed by atoms with Crippen molar-refractivity contribution >= 4 is 29.1 Å². The molecule has 0 radical (unpaired) electrons. The maximum atomic E-state index is 12.6. The second-order valence-electron chi connectivity index (χ2n) is 5.20. The number of aliphatic hydroxyl groups is 1. The first-order valence-corrected chi connectivity index (χ1v) is 7.73. The molecule has 21 heavy (non-hydrogen) atoms. The van der Waals surface area contributed by atoms with Crippen LogP contribution in [-0.2, 0) is 16.1 Å². The molecule has 2 atom stereocenters. The number of halogens is 2. The molecule has 0 saturated carbocycles. The highest BCUT2D eigenvalue weighted by atomic mass is 35.5. The third-order valence-electron chi connectivity index (χ3n) is 3.73. The van der Waals surface area contributed by atoms with Gasteiger partial charge in [-0.1, -0.05) is 29.3 Å². The van der Waals surface area contributed by atoms with Crippen molar-refractivity contribution in [3.05, 3.63) is 33.8 Å². The first-order valence-electron chi connectivity index (χ1n) is 6.98. The van der Waals surface area contributed by atoms with Crippen molar-refractivity contribution in [2.45, 2.75) is 26.0 Å². The zero-order valence-electron chi connectivity index (χ0n) is 11.9. The molecule has 1 aromatic carbocycles. The van der Waals surface area contributed by atoms with Gasteiger partial charge in [-0.25, -0.2) is 0 Å². The van der Waals surface area contributed by atoms with E-state index in [1.54, 1.807) is 17.0 Å². The fourth-order valence-electron chi connectivity index (χ4n) is 2.54. The Hall–Kier alpha value is -0.810. The first kappa shape index (κ1) is 16.6. The summed E-state index contributed by atoms with van der Waals surface area (Å²) in [7, 11) is 0.